The fraction of sp³-hybridized carbons (Fsp3) is 0.167. The Bertz CT molecular complexity index is 715. The number of amides is 1. The smallest absolute Gasteiger partial charge is 0.285 e. The van der Waals surface area contributed by atoms with Crippen molar-refractivity contribution in [3.63, 3.8) is 0 Å². The van der Waals surface area contributed by atoms with Crippen LogP contribution in [0.5, 0.6) is 0 Å². The molecule has 1 N–H and O–H groups in total. The van der Waals surface area contributed by atoms with E-state index in [1.54, 1.807) is 6.92 Å². The maximum absolute atomic E-state index is 13.1. The summed E-state index contributed by atoms with van der Waals surface area (Å²) >= 11 is 0. The fourth-order valence-corrected chi connectivity index (χ4v) is 1.60. The number of aryl methyl sites for hydroxylation is 1. The van der Waals surface area contributed by atoms with Gasteiger partial charge in [-0.1, -0.05) is 0 Å². The van der Waals surface area contributed by atoms with Crippen LogP contribution in [0.1, 0.15) is 22.0 Å². The molecule has 7 nitrogen and oxygen atoms in total. The molecule has 0 spiro atoms. The molecule has 0 bridgehead atoms. The van der Waals surface area contributed by atoms with E-state index in [4.69, 9.17) is 4.42 Å². The van der Waals surface area contributed by atoms with Gasteiger partial charge in [0.25, 0.3) is 11.6 Å². The molecule has 1 aromatic heterocycles. The third-order valence-corrected chi connectivity index (χ3v) is 2.55. The molecule has 0 saturated heterocycles. The van der Waals surface area contributed by atoms with Gasteiger partial charge < -0.3 is 9.73 Å². The maximum atomic E-state index is 13.1. The van der Waals surface area contributed by atoms with Crippen molar-refractivity contribution in [1.82, 2.24) is 10.3 Å². The van der Waals surface area contributed by atoms with Crippen molar-refractivity contribution in [2.75, 3.05) is 0 Å². The lowest BCUT2D eigenvalue weighted by atomic mass is 10.1. The summed E-state index contributed by atoms with van der Waals surface area (Å²) in [5, 5.41) is 13.1. The summed E-state index contributed by atoms with van der Waals surface area (Å²) in [5.41, 5.74) is -1.41. The van der Waals surface area contributed by atoms with Crippen LogP contribution in [-0.4, -0.2) is 15.8 Å². The van der Waals surface area contributed by atoms with Crippen LogP contribution < -0.4 is 5.32 Å². The second-order valence-electron chi connectivity index (χ2n) is 4.09. The molecule has 1 aromatic carbocycles. The third kappa shape index (κ3) is 3.19. The molecule has 1 amide bonds. The Hall–Kier alpha value is -2.84. The molecule has 1 heterocycles. The number of hydrogen-bond acceptors (Lipinski definition) is 5. The van der Waals surface area contributed by atoms with Crippen LogP contribution in [0.3, 0.4) is 0 Å². The largest absolute Gasteiger partial charge is 0.444 e. The first-order chi connectivity index (χ1) is 9.88. The molecule has 0 fully saturated rings. The zero-order valence-corrected chi connectivity index (χ0v) is 10.7. The highest BCUT2D eigenvalue weighted by atomic mass is 19.2. The summed E-state index contributed by atoms with van der Waals surface area (Å²) in [6.07, 6.45) is 1.43. The maximum Gasteiger partial charge on any atom is 0.285 e. The summed E-state index contributed by atoms with van der Waals surface area (Å²) in [7, 11) is 0. The Morgan fingerprint density at radius 3 is 2.67 bits per heavy atom. The SMILES string of the molecule is Cc1cnc(CNC(=O)c2cc(F)c(F)cc2[N+](=O)[O-])o1. The van der Waals surface area contributed by atoms with E-state index in [0.717, 1.165) is 0 Å². The molecule has 0 saturated carbocycles. The van der Waals surface area contributed by atoms with Gasteiger partial charge in [-0.25, -0.2) is 13.8 Å². The first-order valence-electron chi connectivity index (χ1n) is 5.71. The number of carbonyl (C=O) groups excluding carboxylic acids is 1. The molecule has 21 heavy (non-hydrogen) atoms. The first kappa shape index (κ1) is 14.6. The van der Waals surface area contributed by atoms with Crippen LogP contribution in [0.25, 0.3) is 0 Å². The fourth-order valence-electron chi connectivity index (χ4n) is 1.60. The summed E-state index contributed by atoms with van der Waals surface area (Å²) in [6, 6.07) is 0.836. The predicted molar refractivity (Wildman–Crippen MR) is 65.4 cm³/mol. The van der Waals surface area contributed by atoms with Crippen molar-refractivity contribution in [2.24, 2.45) is 0 Å². The second-order valence-corrected chi connectivity index (χ2v) is 4.09. The van der Waals surface area contributed by atoms with E-state index in [1.807, 2.05) is 0 Å². The van der Waals surface area contributed by atoms with Crippen molar-refractivity contribution < 1.29 is 22.9 Å². The highest BCUT2D eigenvalue weighted by Gasteiger charge is 2.24. The highest BCUT2D eigenvalue weighted by molar-refractivity contribution is 5.98. The first-order valence-corrected chi connectivity index (χ1v) is 5.71. The van der Waals surface area contributed by atoms with E-state index >= 15 is 0 Å². The normalized spacial score (nSPS) is 10.4. The minimum atomic E-state index is -1.40. The van der Waals surface area contributed by atoms with Gasteiger partial charge in [0.2, 0.25) is 5.89 Å². The number of nitrogens with one attached hydrogen (secondary N) is 1. The standard InChI is InChI=1S/C12H9F2N3O4/c1-6-4-15-11(21-6)5-16-12(18)7-2-8(13)9(14)3-10(7)17(19)20/h2-4H,5H2,1H3,(H,16,18). The molecule has 0 atom stereocenters. The summed E-state index contributed by atoms with van der Waals surface area (Å²) in [5.74, 6) is -2.97. The Morgan fingerprint density at radius 2 is 2.10 bits per heavy atom. The summed E-state index contributed by atoms with van der Waals surface area (Å²) in [4.78, 5) is 25.5. The van der Waals surface area contributed by atoms with Gasteiger partial charge in [0.15, 0.2) is 11.6 Å². The van der Waals surface area contributed by atoms with Crippen LogP contribution >= 0.6 is 0 Å². The number of carbonyl (C=O) groups is 1. The van der Waals surface area contributed by atoms with Crippen LogP contribution in [0.15, 0.2) is 22.7 Å². The molecule has 2 aromatic rings. The van der Waals surface area contributed by atoms with E-state index in [2.05, 4.69) is 10.3 Å². The number of oxazole rings is 1. The zero-order valence-electron chi connectivity index (χ0n) is 10.7. The number of nitrogens with zero attached hydrogens (tertiary/aromatic N) is 2. The molecule has 0 aliphatic carbocycles. The third-order valence-electron chi connectivity index (χ3n) is 2.55. The highest BCUT2D eigenvalue weighted by Crippen LogP contribution is 2.22. The topological polar surface area (TPSA) is 98.3 Å². The Labute approximate surface area is 116 Å². The number of aromatic nitrogens is 1. The lowest BCUT2D eigenvalue weighted by Crippen LogP contribution is -2.24. The van der Waals surface area contributed by atoms with Crippen LogP contribution in [0.4, 0.5) is 14.5 Å². The summed E-state index contributed by atoms with van der Waals surface area (Å²) in [6.45, 7) is 1.52. The molecular formula is C12H9F2N3O4. The zero-order chi connectivity index (χ0) is 15.6. The summed E-state index contributed by atoms with van der Waals surface area (Å²) < 4.78 is 31.2. The van der Waals surface area contributed by atoms with Gasteiger partial charge in [-0.15, -0.1) is 0 Å². The average Bonchev–Trinajstić information content (AvgIpc) is 2.84. The lowest BCUT2D eigenvalue weighted by Gasteiger charge is -2.04. The second kappa shape index (κ2) is 5.65. The van der Waals surface area contributed by atoms with E-state index in [-0.39, 0.29) is 12.4 Å². The van der Waals surface area contributed by atoms with Crippen molar-refractivity contribution >= 4 is 11.6 Å². The molecule has 9 heteroatoms. The predicted octanol–water partition coefficient (Wildman–Crippen LogP) is 2.10. The number of benzene rings is 1. The van der Waals surface area contributed by atoms with Crippen molar-refractivity contribution in [3.05, 3.63) is 57.3 Å². The molecule has 0 aliphatic rings. The minimum absolute atomic E-state index is 0.136. The van der Waals surface area contributed by atoms with Crippen LogP contribution in [0, 0.1) is 28.7 Å². The van der Waals surface area contributed by atoms with Gasteiger partial charge in [0, 0.05) is 0 Å². The van der Waals surface area contributed by atoms with E-state index < -0.39 is 33.7 Å². The monoisotopic (exact) mass is 297 g/mol. The van der Waals surface area contributed by atoms with Gasteiger partial charge in [-0.05, 0) is 13.0 Å². The van der Waals surface area contributed by atoms with Gasteiger partial charge >= 0.3 is 0 Å². The number of hydrogen-bond donors (Lipinski definition) is 1. The quantitative estimate of drug-likeness (QED) is 0.688. The average molecular weight is 297 g/mol. The molecule has 0 radical (unpaired) electrons. The van der Waals surface area contributed by atoms with Gasteiger partial charge in [-0.3, -0.25) is 14.9 Å². The van der Waals surface area contributed by atoms with Gasteiger partial charge in [0.1, 0.15) is 11.3 Å². The number of halogens is 2. The van der Waals surface area contributed by atoms with Gasteiger partial charge in [-0.2, -0.15) is 0 Å². The Morgan fingerprint density at radius 1 is 1.43 bits per heavy atom. The van der Waals surface area contributed by atoms with E-state index in [1.165, 1.54) is 6.20 Å². The van der Waals surface area contributed by atoms with Crippen LogP contribution in [0.2, 0.25) is 0 Å². The lowest BCUT2D eigenvalue weighted by molar-refractivity contribution is -0.385. The molecule has 0 unspecified atom stereocenters. The van der Waals surface area contributed by atoms with Crippen LogP contribution in [-0.2, 0) is 6.54 Å². The Kier molecular flexibility index (Phi) is 3.92. The van der Waals surface area contributed by atoms with E-state index in [0.29, 0.717) is 17.9 Å². The van der Waals surface area contributed by atoms with E-state index in [9.17, 15) is 23.7 Å². The van der Waals surface area contributed by atoms with Gasteiger partial charge in [0.05, 0.1) is 23.7 Å². The molecular weight excluding hydrogens is 288 g/mol. The van der Waals surface area contributed by atoms with Crippen molar-refractivity contribution in [3.8, 4) is 0 Å². The number of nitro groups is 1. The molecule has 2 rings (SSSR count). The number of nitro benzene ring substituents is 1. The molecule has 110 valence electrons. The van der Waals surface area contributed by atoms with Crippen molar-refractivity contribution in [2.45, 2.75) is 13.5 Å². The van der Waals surface area contributed by atoms with Crippen molar-refractivity contribution in [1.29, 1.82) is 0 Å². The number of rotatable bonds is 4. The Balaban J connectivity index is 2.22. The molecule has 0 aliphatic heterocycles. The minimum Gasteiger partial charge on any atom is -0.444 e.